The third-order valence-electron chi connectivity index (χ3n) is 5.13. The molecule has 2 atom stereocenters. The lowest BCUT2D eigenvalue weighted by atomic mass is 9.91. The van der Waals surface area contributed by atoms with Crippen molar-refractivity contribution in [2.75, 3.05) is 20.2 Å². The summed E-state index contributed by atoms with van der Waals surface area (Å²) in [6.07, 6.45) is 0. The molecule has 0 radical (unpaired) electrons. The highest BCUT2D eigenvalue weighted by Gasteiger charge is 2.38. The smallest absolute Gasteiger partial charge is 0.251 e. The van der Waals surface area contributed by atoms with Gasteiger partial charge in [-0.2, -0.15) is 5.26 Å². The second-order valence-corrected chi connectivity index (χ2v) is 7.71. The summed E-state index contributed by atoms with van der Waals surface area (Å²) in [5, 5.41) is 12.2. The number of ether oxygens (including phenoxy) is 1. The van der Waals surface area contributed by atoms with Gasteiger partial charge in [0, 0.05) is 32.8 Å². The Morgan fingerprint density at radius 1 is 1.44 bits per heavy atom. The number of nitrogens with zero attached hydrogens (tertiary/aromatic N) is 2. The second kappa shape index (κ2) is 7.99. The molecule has 1 aliphatic rings. The molecular weight excluding hydrogens is 314 g/mol. The maximum atomic E-state index is 12.5. The maximum Gasteiger partial charge on any atom is 0.251 e. The van der Waals surface area contributed by atoms with Gasteiger partial charge in [-0.05, 0) is 43.4 Å². The first-order chi connectivity index (χ1) is 11.8. The maximum absolute atomic E-state index is 12.5. The van der Waals surface area contributed by atoms with Gasteiger partial charge in [0.05, 0.1) is 11.6 Å². The van der Waals surface area contributed by atoms with Crippen LogP contribution >= 0.6 is 0 Å². The van der Waals surface area contributed by atoms with Crippen LogP contribution in [-0.4, -0.2) is 42.6 Å². The molecule has 25 heavy (non-hydrogen) atoms. The summed E-state index contributed by atoms with van der Waals surface area (Å²) in [4.78, 5) is 14.8. The van der Waals surface area contributed by atoms with E-state index in [0.29, 0.717) is 17.4 Å². The fourth-order valence-electron chi connectivity index (χ4n) is 3.30. The molecule has 136 valence electrons. The molecular formula is C20H29N3O2. The minimum absolute atomic E-state index is 0.0704. The van der Waals surface area contributed by atoms with Gasteiger partial charge < -0.3 is 10.1 Å². The normalized spacial score (nSPS) is 21.3. The first kappa shape index (κ1) is 19.4. The highest BCUT2D eigenvalue weighted by Crippen LogP contribution is 2.26. The molecule has 1 aromatic rings. The van der Waals surface area contributed by atoms with Crippen molar-refractivity contribution in [3.05, 3.63) is 35.4 Å². The van der Waals surface area contributed by atoms with E-state index < -0.39 is 5.60 Å². The van der Waals surface area contributed by atoms with Crippen LogP contribution in [0.4, 0.5) is 0 Å². The summed E-state index contributed by atoms with van der Waals surface area (Å²) in [5.41, 5.74) is 0.991. The molecule has 0 saturated carbocycles. The van der Waals surface area contributed by atoms with Crippen LogP contribution in [0, 0.1) is 23.2 Å². The first-order valence-electron chi connectivity index (χ1n) is 8.84. The Hall–Kier alpha value is -1.90. The zero-order chi connectivity index (χ0) is 18.6. The van der Waals surface area contributed by atoms with Crippen molar-refractivity contribution in [1.29, 1.82) is 5.26 Å². The number of nitriles is 1. The molecule has 1 fully saturated rings. The second-order valence-electron chi connectivity index (χ2n) is 7.71. The van der Waals surface area contributed by atoms with E-state index in [9.17, 15) is 4.79 Å². The lowest BCUT2D eigenvalue weighted by Crippen LogP contribution is -2.51. The highest BCUT2D eigenvalue weighted by atomic mass is 16.5. The lowest BCUT2D eigenvalue weighted by molar-refractivity contribution is -0.140. The molecule has 1 N–H and O–H groups in total. The van der Waals surface area contributed by atoms with Crippen LogP contribution in [0.1, 0.15) is 38.8 Å². The van der Waals surface area contributed by atoms with Crippen molar-refractivity contribution in [2.24, 2.45) is 11.8 Å². The number of carbonyl (C=O) groups is 1. The third-order valence-corrected chi connectivity index (χ3v) is 5.13. The molecule has 0 spiro atoms. The molecule has 1 aliphatic heterocycles. The Morgan fingerprint density at radius 3 is 2.76 bits per heavy atom. The average Bonchev–Trinajstić information content (AvgIpc) is 2.97. The molecule has 0 unspecified atom stereocenters. The molecule has 5 nitrogen and oxygen atoms in total. The van der Waals surface area contributed by atoms with E-state index >= 15 is 0 Å². The number of hydrogen-bond donors (Lipinski definition) is 1. The van der Waals surface area contributed by atoms with Gasteiger partial charge in [-0.15, -0.1) is 0 Å². The van der Waals surface area contributed by atoms with E-state index in [1.807, 2.05) is 24.3 Å². The predicted molar refractivity (Wildman–Crippen MR) is 97.8 cm³/mol. The number of rotatable bonds is 6. The van der Waals surface area contributed by atoms with Crippen molar-refractivity contribution >= 4 is 5.91 Å². The van der Waals surface area contributed by atoms with Crippen LogP contribution in [0.2, 0.25) is 0 Å². The summed E-state index contributed by atoms with van der Waals surface area (Å²) in [7, 11) is 1.56. The zero-order valence-electron chi connectivity index (χ0n) is 15.9. The van der Waals surface area contributed by atoms with E-state index in [1.54, 1.807) is 21.0 Å². The van der Waals surface area contributed by atoms with E-state index in [4.69, 9.17) is 10.00 Å². The Labute approximate surface area is 151 Å². The fraction of sp³-hybridized carbons (Fsp3) is 0.600. The molecule has 1 saturated heterocycles. The minimum atomic E-state index is -0.823. The van der Waals surface area contributed by atoms with Gasteiger partial charge in [-0.1, -0.05) is 26.0 Å². The molecule has 0 bridgehead atoms. The van der Waals surface area contributed by atoms with Crippen molar-refractivity contribution in [2.45, 2.75) is 45.9 Å². The van der Waals surface area contributed by atoms with Crippen LogP contribution in [0.25, 0.3) is 0 Å². The topological polar surface area (TPSA) is 65.4 Å². The molecule has 0 aromatic heterocycles. The lowest BCUT2D eigenvalue weighted by Gasteiger charge is -2.28. The van der Waals surface area contributed by atoms with Crippen molar-refractivity contribution < 1.29 is 9.53 Å². The average molecular weight is 343 g/mol. The number of methoxy groups -OCH3 is 1. The van der Waals surface area contributed by atoms with Crippen LogP contribution in [-0.2, 0) is 16.1 Å². The zero-order valence-corrected chi connectivity index (χ0v) is 15.9. The first-order valence-corrected chi connectivity index (χ1v) is 8.84. The van der Waals surface area contributed by atoms with Crippen LogP contribution in [0.5, 0.6) is 0 Å². The van der Waals surface area contributed by atoms with Gasteiger partial charge in [0.1, 0.15) is 5.60 Å². The number of likely N-dealkylation sites (tertiary alicyclic amines) is 1. The number of amides is 1. The summed E-state index contributed by atoms with van der Waals surface area (Å²) in [6.45, 7) is 10.5. The standard InChI is InChI=1S/C20H29N3O2/c1-14(2)17-12-23(11-16-8-6-7-15(9-16)10-21)13-18(17)22-19(24)20(3,4)25-5/h6-9,14,17-18H,11-13H2,1-5H3,(H,22,24)/t17-,18+/m1/s1. The Morgan fingerprint density at radius 2 is 2.16 bits per heavy atom. The summed E-state index contributed by atoms with van der Waals surface area (Å²) in [5.74, 6) is 0.807. The van der Waals surface area contributed by atoms with Gasteiger partial charge in [0.15, 0.2) is 0 Å². The minimum Gasteiger partial charge on any atom is -0.369 e. The Kier molecular flexibility index (Phi) is 6.21. The van der Waals surface area contributed by atoms with Crippen molar-refractivity contribution in [3.63, 3.8) is 0 Å². The Balaban J connectivity index is 2.06. The highest BCUT2D eigenvalue weighted by molar-refractivity contribution is 5.84. The Bertz CT molecular complexity index is 649. The van der Waals surface area contributed by atoms with E-state index in [0.717, 1.165) is 25.2 Å². The summed E-state index contributed by atoms with van der Waals surface area (Å²) >= 11 is 0. The van der Waals surface area contributed by atoms with E-state index in [-0.39, 0.29) is 11.9 Å². The molecule has 1 heterocycles. The molecule has 1 amide bonds. The SMILES string of the molecule is COC(C)(C)C(=O)N[C@H]1CN(Cc2cccc(C#N)c2)C[C@@H]1C(C)C. The number of hydrogen-bond acceptors (Lipinski definition) is 4. The number of benzene rings is 1. The molecule has 2 rings (SSSR count). The predicted octanol–water partition coefficient (Wildman–Crippen LogP) is 2.56. The number of carbonyl (C=O) groups excluding carboxylic acids is 1. The molecule has 0 aliphatic carbocycles. The van der Waals surface area contributed by atoms with Crippen LogP contribution < -0.4 is 5.32 Å². The van der Waals surface area contributed by atoms with Crippen molar-refractivity contribution in [1.82, 2.24) is 10.2 Å². The summed E-state index contributed by atoms with van der Waals surface area (Å²) in [6, 6.07) is 10.0. The summed E-state index contributed by atoms with van der Waals surface area (Å²) < 4.78 is 5.30. The molecule has 1 aromatic carbocycles. The van der Waals surface area contributed by atoms with E-state index in [1.165, 1.54) is 0 Å². The quantitative estimate of drug-likeness (QED) is 0.862. The third kappa shape index (κ3) is 4.81. The van der Waals surface area contributed by atoms with Gasteiger partial charge in [-0.3, -0.25) is 9.69 Å². The number of nitrogens with one attached hydrogen (secondary N) is 1. The van der Waals surface area contributed by atoms with Gasteiger partial charge in [0.25, 0.3) is 5.91 Å². The van der Waals surface area contributed by atoms with Crippen LogP contribution in [0.3, 0.4) is 0 Å². The van der Waals surface area contributed by atoms with Gasteiger partial charge in [-0.25, -0.2) is 0 Å². The largest absolute Gasteiger partial charge is 0.369 e. The monoisotopic (exact) mass is 343 g/mol. The van der Waals surface area contributed by atoms with Crippen LogP contribution in [0.15, 0.2) is 24.3 Å². The molecule has 5 heteroatoms. The van der Waals surface area contributed by atoms with E-state index in [2.05, 4.69) is 30.1 Å². The van der Waals surface area contributed by atoms with Gasteiger partial charge in [0.2, 0.25) is 0 Å². The van der Waals surface area contributed by atoms with Gasteiger partial charge >= 0.3 is 0 Å². The van der Waals surface area contributed by atoms with Crippen molar-refractivity contribution in [3.8, 4) is 6.07 Å². The fourth-order valence-corrected chi connectivity index (χ4v) is 3.30.